The van der Waals surface area contributed by atoms with Crippen molar-refractivity contribution in [1.82, 2.24) is 4.98 Å². The molecule has 0 unspecified atom stereocenters. The lowest BCUT2D eigenvalue weighted by atomic mass is 10.1. The minimum atomic E-state index is -0.192. The van der Waals surface area contributed by atoms with Gasteiger partial charge in [-0.3, -0.25) is 4.79 Å². The summed E-state index contributed by atoms with van der Waals surface area (Å²) in [6.45, 7) is 2.00. The van der Waals surface area contributed by atoms with E-state index in [9.17, 15) is 4.79 Å². The molecule has 0 aliphatic rings. The Labute approximate surface area is 124 Å². The highest BCUT2D eigenvalue weighted by molar-refractivity contribution is 14.1. The van der Waals surface area contributed by atoms with E-state index >= 15 is 0 Å². The van der Waals surface area contributed by atoms with Gasteiger partial charge < -0.3 is 5.32 Å². The van der Waals surface area contributed by atoms with Crippen LogP contribution in [0, 0.1) is 10.5 Å². The Morgan fingerprint density at radius 3 is 2.83 bits per heavy atom. The Bertz CT molecular complexity index is 601. The summed E-state index contributed by atoms with van der Waals surface area (Å²) in [5.41, 5.74) is 2.26. The molecule has 0 radical (unpaired) electrons. The first-order valence-corrected chi connectivity index (χ1v) is 6.71. The summed E-state index contributed by atoms with van der Waals surface area (Å²) in [4.78, 5) is 15.9. The SMILES string of the molecule is Cc1ccc(C(=O)Nc2cccnc2Cl)cc1I. The number of carbonyl (C=O) groups excluding carboxylic acids is 1. The highest BCUT2D eigenvalue weighted by atomic mass is 127. The van der Waals surface area contributed by atoms with Gasteiger partial charge in [-0.25, -0.2) is 4.98 Å². The number of hydrogen-bond acceptors (Lipinski definition) is 2. The number of amides is 1. The van der Waals surface area contributed by atoms with E-state index in [1.807, 2.05) is 19.1 Å². The Morgan fingerprint density at radius 2 is 2.17 bits per heavy atom. The van der Waals surface area contributed by atoms with Gasteiger partial charge in [0.1, 0.15) is 0 Å². The number of rotatable bonds is 2. The van der Waals surface area contributed by atoms with E-state index in [0.29, 0.717) is 11.3 Å². The van der Waals surface area contributed by atoms with Crippen LogP contribution in [0.4, 0.5) is 5.69 Å². The van der Waals surface area contributed by atoms with Crippen LogP contribution in [-0.2, 0) is 0 Å². The standard InChI is InChI=1S/C13H10ClIN2O/c1-8-4-5-9(7-10(8)15)13(18)17-11-3-2-6-16-12(11)14/h2-7H,1H3,(H,17,18). The molecule has 92 valence electrons. The fourth-order valence-corrected chi connectivity index (χ4v) is 2.09. The van der Waals surface area contributed by atoms with E-state index in [4.69, 9.17) is 11.6 Å². The first-order valence-electron chi connectivity index (χ1n) is 5.26. The van der Waals surface area contributed by atoms with Gasteiger partial charge in [-0.1, -0.05) is 17.7 Å². The second-order valence-electron chi connectivity index (χ2n) is 3.76. The van der Waals surface area contributed by atoms with Crippen LogP contribution >= 0.6 is 34.2 Å². The number of pyridine rings is 1. The molecule has 1 amide bonds. The number of benzene rings is 1. The lowest BCUT2D eigenvalue weighted by molar-refractivity contribution is 0.102. The molecule has 0 atom stereocenters. The Kier molecular flexibility index (Phi) is 4.19. The van der Waals surface area contributed by atoms with Crippen LogP contribution in [0.5, 0.6) is 0 Å². The van der Waals surface area contributed by atoms with Gasteiger partial charge in [0.25, 0.3) is 5.91 Å². The molecule has 0 aliphatic heterocycles. The van der Waals surface area contributed by atoms with Crippen molar-refractivity contribution in [3.05, 3.63) is 56.4 Å². The molecule has 0 saturated heterocycles. The molecule has 0 saturated carbocycles. The largest absolute Gasteiger partial charge is 0.319 e. The van der Waals surface area contributed by atoms with Gasteiger partial charge in [0.15, 0.2) is 5.15 Å². The molecule has 0 bridgehead atoms. The molecule has 2 aromatic rings. The van der Waals surface area contributed by atoms with Crippen molar-refractivity contribution >= 4 is 45.8 Å². The lowest BCUT2D eigenvalue weighted by Crippen LogP contribution is -2.12. The van der Waals surface area contributed by atoms with Crippen molar-refractivity contribution in [2.75, 3.05) is 5.32 Å². The maximum atomic E-state index is 12.0. The normalized spacial score (nSPS) is 10.2. The predicted octanol–water partition coefficient (Wildman–Crippen LogP) is 3.90. The zero-order chi connectivity index (χ0) is 13.1. The van der Waals surface area contributed by atoms with Crippen LogP contribution in [0.3, 0.4) is 0 Å². The average Bonchev–Trinajstić information content (AvgIpc) is 2.35. The van der Waals surface area contributed by atoms with Crippen LogP contribution in [0.15, 0.2) is 36.5 Å². The summed E-state index contributed by atoms with van der Waals surface area (Å²) >= 11 is 8.09. The van der Waals surface area contributed by atoms with Crippen molar-refractivity contribution in [3.63, 3.8) is 0 Å². The maximum absolute atomic E-state index is 12.0. The van der Waals surface area contributed by atoms with Crippen LogP contribution in [-0.4, -0.2) is 10.9 Å². The second-order valence-corrected chi connectivity index (χ2v) is 5.28. The van der Waals surface area contributed by atoms with Crippen LogP contribution in [0.25, 0.3) is 0 Å². The lowest BCUT2D eigenvalue weighted by Gasteiger charge is -2.07. The summed E-state index contributed by atoms with van der Waals surface area (Å²) in [5.74, 6) is -0.192. The quantitative estimate of drug-likeness (QED) is 0.642. The van der Waals surface area contributed by atoms with Crippen LogP contribution in [0.1, 0.15) is 15.9 Å². The molecule has 0 aliphatic carbocycles. The third kappa shape index (κ3) is 3.00. The van der Waals surface area contributed by atoms with E-state index < -0.39 is 0 Å². The zero-order valence-corrected chi connectivity index (χ0v) is 12.5. The Balaban J connectivity index is 2.22. The number of hydrogen-bond donors (Lipinski definition) is 1. The predicted molar refractivity (Wildman–Crippen MR) is 81.1 cm³/mol. The molecular weight excluding hydrogens is 363 g/mol. The molecule has 0 spiro atoms. The fraction of sp³-hybridized carbons (Fsp3) is 0.0769. The van der Waals surface area contributed by atoms with Crippen molar-refractivity contribution in [2.24, 2.45) is 0 Å². The maximum Gasteiger partial charge on any atom is 0.255 e. The zero-order valence-electron chi connectivity index (χ0n) is 9.58. The molecule has 18 heavy (non-hydrogen) atoms. The molecule has 1 N–H and O–H groups in total. The molecular formula is C13H10ClIN2O. The Morgan fingerprint density at radius 1 is 1.39 bits per heavy atom. The molecule has 0 fully saturated rings. The number of carbonyl (C=O) groups is 1. The highest BCUT2D eigenvalue weighted by Gasteiger charge is 2.09. The molecule has 1 aromatic heterocycles. The van der Waals surface area contributed by atoms with E-state index in [0.717, 1.165) is 9.13 Å². The topological polar surface area (TPSA) is 42.0 Å². The van der Waals surface area contributed by atoms with E-state index in [1.165, 1.54) is 0 Å². The second kappa shape index (κ2) is 5.67. The van der Waals surface area contributed by atoms with E-state index in [1.54, 1.807) is 24.4 Å². The van der Waals surface area contributed by atoms with Crippen molar-refractivity contribution in [3.8, 4) is 0 Å². The number of halogens is 2. The minimum absolute atomic E-state index is 0.192. The van der Waals surface area contributed by atoms with Gasteiger partial charge in [0.2, 0.25) is 0 Å². The smallest absolute Gasteiger partial charge is 0.255 e. The summed E-state index contributed by atoms with van der Waals surface area (Å²) in [7, 11) is 0. The summed E-state index contributed by atoms with van der Waals surface area (Å²) in [6.07, 6.45) is 1.58. The van der Waals surface area contributed by atoms with Crippen LogP contribution < -0.4 is 5.32 Å². The Hall–Kier alpha value is -1.14. The third-order valence-corrected chi connectivity index (χ3v) is 3.90. The van der Waals surface area contributed by atoms with Crippen molar-refractivity contribution in [2.45, 2.75) is 6.92 Å². The van der Waals surface area contributed by atoms with Gasteiger partial charge in [-0.05, 0) is 59.3 Å². The van der Waals surface area contributed by atoms with Crippen molar-refractivity contribution < 1.29 is 4.79 Å². The number of nitrogens with zero attached hydrogens (tertiary/aromatic N) is 1. The van der Waals surface area contributed by atoms with Gasteiger partial charge >= 0.3 is 0 Å². The third-order valence-electron chi connectivity index (χ3n) is 2.44. The molecule has 3 nitrogen and oxygen atoms in total. The fourth-order valence-electron chi connectivity index (χ4n) is 1.41. The number of anilines is 1. The molecule has 1 aromatic carbocycles. The number of aryl methyl sites for hydroxylation is 1. The summed E-state index contributed by atoms with van der Waals surface area (Å²) < 4.78 is 1.05. The minimum Gasteiger partial charge on any atom is -0.319 e. The van der Waals surface area contributed by atoms with Gasteiger partial charge in [0.05, 0.1) is 5.69 Å². The first-order chi connectivity index (χ1) is 8.58. The summed E-state index contributed by atoms with van der Waals surface area (Å²) in [6, 6.07) is 8.99. The molecule has 5 heteroatoms. The van der Waals surface area contributed by atoms with Gasteiger partial charge in [0, 0.05) is 15.3 Å². The monoisotopic (exact) mass is 372 g/mol. The number of nitrogens with one attached hydrogen (secondary N) is 1. The molecule has 2 rings (SSSR count). The van der Waals surface area contributed by atoms with Gasteiger partial charge in [-0.2, -0.15) is 0 Å². The number of aromatic nitrogens is 1. The van der Waals surface area contributed by atoms with Crippen molar-refractivity contribution in [1.29, 1.82) is 0 Å². The first kappa shape index (κ1) is 13.3. The summed E-state index contributed by atoms with van der Waals surface area (Å²) in [5, 5.41) is 3.02. The van der Waals surface area contributed by atoms with E-state index in [2.05, 4.69) is 32.9 Å². The van der Waals surface area contributed by atoms with E-state index in [-0.39, 0.29) is 11.1 Å². The average molecular weight is 373 g/mol. The molecule has 1 heterocycles. The highest BCUT2D eigenvalue weighted by Crippen LogP contribution is 2.19. The van der Waals surface area contributed by atoms with Crippen LogP contribution in [0.2, 0.25) is 5.15 Å². The van der Waals surface area contributed by atoms with Gasteiger partial charge in [-0.15, -0.1) is 0 Å².